The second-order valence-electron chi connectivity index (χ2n) is 5.46. The van der Waals surface area contributed by atoms with Gasteiger partial charge >= 0.3 is 0 Å². The van der Waals surface area contributed by atoms with Gasteiger partial charge in [0, 0.05) is 31.0 Å². The molecule has 0 aliphatic carbocycles. The van der Waals surface area contributed by atoms with Gasteiger partial charge in [-0.05, 0) is 23.1 Å². The number of nitrogens with zero attached hydrogens (tertiary/aromatic N) is 4. The molecule has 8 heteroatoms. The van der Waals surface area contributed by atoms with E-state index in [1.54, 1.807) is 30.3 Å². The number of halogens is 1. The number of aryl methyl sites for hydroxylation is 1. The highest BCUT2D eigenvalue weighted by molar-refractivity contribution is 7.19. The van der Waals surface area contributed by atoms with E-state index in [1.165, 1.54) is 17.5 Å². The first kappa shape index (κ1) is 15.7. The van der Waals surface area contributed by atoms with Crippen LogP contribution < -0.4 is 5.32 Å². The van der Waals surface area contributed by atoms with Crippen molar-refractivity contribution in [3.8, 4) is 10.4 Å². The van der Waals surface area contributed by atoms with Crippen molar-refractivity contribution in [1.29, 1.82) is 0 Å². The van der Waals surface area contributed by atoms with Gasteiger partial charge in [-0.2, -0.15) is 5.10 Å². The second-order valence-corrected chi connectivity index (χ2v) is 6.87. The SMILES string of the molecule is Cn1cc(C(=O)Nc2ncc(-c3ccc4cnc(Cl)cc4c3)s2)cn1. The summed E-state index contributed by atoms with van der Waals surface area (Å²) in [4.78, 5) is 21.5. The molecule has 1 N–H and O–H groups in total. The number of amides is 1. The number of aromatic nitrogens is 4. The van der Waals surface area contributed by atoms with E-state index in [1.807, 2.05) is 24.3 Å². The quantitative estimate of drug-likeness (QED) is 0.554. The monoisotopic (exact) mass is 369 g/mol. The molecule has 4 aromatic rings. The van der Waals surface area contributed by atoms with Gasteiger partial charge in [0.1, 0.15) is 5.15 Å². The first-order chi connectivity index (χ1) is 12.1. The van der Waals surface area contributed by atoms with Gasteiger partial charge in [0.15, 0.2) is 5.13 Å². The zero-order chi connectivity index (χ0) is 17.4. The topological polar surface area (TPSA) is 72.7 Å². The number of thiazole rings is 1. The molecule has 0 unspecified atom stereocenters. The average Bonchev–Trinajstić information content (AvgIpc) is 3.23. The van der Waals surface area contributed by atoms with E-state index in [0.29, 0.717) is 15.8 Å². The fourth-order valence-corrected chi connectivity index (χ4v) is 3.41. The van der Waals surface area contributed by atoms with Crippen LogP contribution in [0.3, 0.4) is 0 Å². The van der Waals surface area contributed by atoms with Crippen molar-refractivity contribution in [1.82, 2.24) is 19.7 Å². The first-order valence-electron chi connectivity index (χ1n) is 7.40. The van der Waals surface area contributed by atoms with Crippen LogP contribution in [-0.4, -0.2) is 25.7 Å². The van der Waals surface area contributed by atoms with E-state index < -0.39 is 0 Å². The van der Waals surface area contributed by atoms with E-state index in [2.05, 4.69) is 20.4 Å². The van der Waals surface area contributed by atoms with E-state index in [4.69, 9.17) is 11.6 Å². The van der Waals surface area contributed by atoms with Crippen molar-refractivity contribution >= 4 is 44.7 Å². The van der Waals surface area contributed by atoms with E-state index >= 15 is 0 Å². The van der Waals surface area contributed by atoms with Gasteiger partial charge in [-0.3, -0.25) is 14.8 Å². The maximum Gasteiger partial charge on any atom is 0.260 e. The molecule has 3 aromatic heterocycles. The molecule has 0 radical (unpaired) electrons. The van der Waals surface area contributed by atoms with Crippen LogP contribution in [0.1, 0.15) is 10.4 Å². The molecule has 0 fully saturated rings. The lowest BCUT2D eigenvalue weighted by molar-refractivity contribution is 0.102. The molecule has 0 aliphatic rings. The van der Waals surface area contributed by atoms with Gasteiger partial charge in [0.05, 0.1) is 16.6 Å². The molecule has 0 atom stereocenters. The van der Waals surface area contributed by atoms with Crippen molar-refractivity contribution in [2.75, 3.05) is 5.32 Å². The molecule has 0 saturated heterocycles. The molecule has 25 heavy (non-hydrogen) atoms. The Morgan fingerprint density at radius 1 is 1.16 bits per heavy atom. The van der Waals surface area contributed by atoms with Crippen molar-refractivity contribution in [2.24, 2.45) is 7.05 Å². The number of nitrogens with one attached hydrogen (secondary N) is 1. The Morgan fingerprint density at radius 2 is 2.04 bits per heavy atom. The molecular weight excluding hydrogens is 358 g/mol. The van der Waals surface area contributed by atoms with Crippen LogP contribution in [0.5, 0.6) is 0 Å². The summed E-state index contributed by atoms with van der Waals surface area (Å²) >= 11 is 7.37. The number of hydrogen-bond donors (Lipinski definition) is 1. The minimum Gasteiger partial charge on any atom is -0.298 e. The lowest BCUT2D eigenvalue weighted by atomic mass is 10.1. The summed E-state index contributed by atoms with van der Waals surface area (Å²) < 4.78 is 1.58. The molecule has 0 saturated carbocycles. The van der Waals surface area contributed by atoms with Crippen LogP contribution >= 0.6 is 22.9 Å². The van der Waals surface area contributed by atoms with Crippen LogP contribution in [-0.2, 0) is 7.05 Å². The smallest absolute Gasteiger partial charge is 0.260 e. The Kier molecular flexibility index (Phi) is 3.95. The maximum atomic E-state index is 12.2. The van der Waals surface area contributed by atoms with E-state index in [9.17, 15) is 4.79 Å². The molecule has 0 bridgehead atoms. The lowest BCUT2D eigenvalue weighted by Crippen LogP contribution is -2.10. The Morgan fingerprint density at radius 3 is 2.84 bits per heavy atom. The van der Waals surface area contributed by atoms with Crippen molar-refractivity contribution in [2.45, 2.75) is 0 Å². The average molecular weight is 370 g/mol. The highest BCUT2D eigenvalue weighted by atomic mass is 35.5. The summed E-state index contributed by atoms with van der Waals surface area (Å²) in [5.41, 5.74) is 1.50. The number of carbonyl (C=O) groups is 1. The molecule has 0 aliphatic heterocycles. The summed E-state index contributed by atoms with van der Waals surface area (Å²) in [7, 11) is 1.76. The third-order valence-corrected chi connectivity index (χ3v) is 4.83. The molecule has 1 aromatic carbocycles. The number of pyridine rings is 1. The standard InChI is InChI=1S/C17H12ClN5OS/c1-23-9-13(7-21-23)16(24)22-17-20-8-14(25-17)10-2-3-11-6-19-15(18)5-12(11)4-10/h2-9H,1H3,(H,20,22,24). The molecule has 1 amide bonds. The van der Waals surface area contributed by atoms with E-state index in [-0.39, 0.29) is 5.91 Å². The number of rotatable bonds is 3. The Bertz CT molecular complexity index is 1090. The molecule has 3 heterocycles. The van der Waals surface area contributed by atoms with Crippen molar-refractivity contribution < 1.29 is 4.79 Å². The fraction of sp³-hybridized carbons (Fsp3) is 0.0588. The van der Waals surface area contributed by atoms with E-state index in [0.717, 1.165) is 21.2 Å². The highest BCUT2D eigenvalue weighted by Crippen LogP contribution is 2.31. The summed E-state index contributed by atoms with van der Waals surface area (Å²) in [6.45, 7) is 0. The normalized spacial score (nSPS) is 11.0. The van der Waals surface area contributed by atoms with Crippen LogP contribution in [0.25, 0.3) is 21.2 Å². The lowest BCUT2D eigenvalue weighted by Gasteiger charge is -2.01. The van der Waals surface area contributed by atoms with Crippen LogP contribution in [0, 0.1) is 0 Å². The fourth-order valence-electron chi connectivity index (χ4n) is 2.44. The number of carbonyl (C=O) groups excluding carboxylic acids is 1. The summed E-state index contributed by atoms with van der Waals surface area (Å²) in [5, 5.41) is 9.80. The Balaban J connectivity index is 1.59. The predicted molar refractivity (Wildman–Crippen MR) is 99.0 cm³/mol. The van der Waals surface area contributed by atoms with Crippen LogP contribution in [0.4, 0.5) is 5.13 Å². The predicted octanol–water partition coefficient (Wildman–Crippen LogP) is 4.00. The largest absolute Gasteiger partial charge is 0.298 e. The minimum atomic E-state index is -0.231. The maximum absolute atomic E-state index is 12.2. The number of benzene rings is 1. The summed E-state index contributed by atoms with van der Waals surface area (Å²) in [6.07, 6.45) is 6.66. The number of fused-ring (bicyclic) bond motifs is 1. The summed E-state index contributed by atoms with van der Waals surface area (Å²) in [6, 6.07) is 7.84. The van der Waals surface area contributed by atoms with Crippen LogP contribution in [0.2, 0.25) is 5.15 Å². The van der Waals surface area contributed by atoms with Gasteiger partial charge < -0.3 is 0 Å². The molecule has 0 spiro atoms. The van der Waals surface area contributed by atoms with Crippen LogP contribution in [0.15, 0.2) is 49.1 Å². The van der Waals surface area contributed by atoms with Gasteiger partial charge in [-0.25, -0.2) is 9.97 Å². The molecule has 6 nitrogen and oxygen atoms in total. The van der Waals surface area contributed by atoms with Gasteiger partial charge in [-0.15, -0.1) is 0 Å². The first-order valence-corrected chi connectivity index (χ1v) is 8.59. The molecule has 124 valence electrons. The van der Waals surface area contributed by atoms with Crippen molar-refractivity contribution in [3.63, 3.8) is 0 Å². The van der Waals surface area contributed by atoms with Gasteiger partial charge in [-0.1, -0.05) is 35.1 Å². The zero-order valence-electron chi connectivity index (χ0n) is 13.1. The number of anilines is 1. The minimum absolute atomic E-state index is 0.231. The molecular formula is C17H12ClN5OS. The zero-order valence-corrected chi connectivity index (χ0v) is 14.7. The summed E-state index contributed by atoms with van der Waals surface area (Å²) in [5.74, 6) is -0.231. The van der Waals surface area contributed by atoms with Crippen molar-refractivity contribution in [3.05, 3.63) is 59.8 Å². The highest BCUT2D eigenvalue weighted by Gasteiger charge is 2.12. The second kappa shape index (κ2) is 6.27. The third kappa shape index (κ3) is 3.24. The van der Waals surface area contributed by atoms with Gasteiger partial charge in [0.2, 0.25) is 0 Å². The van der Waals surface area contributed by atoms with Gasteiger partial charge in [0.25, 0.3) is 5.91 Å². The Hall–Kier alpha value is -2.77. The third-order valence-electron chi connectivity index (χ3n) is 3.67. The Labute approximate surface area is 152 Å². The number of hydrogen-bond acceptors (Lipinski definition) is 5. The molecule has 4 rings (SSSR count).